The fourth-order valence-electron chi connectivity index (χ4n) is 3.54. The predicted octanol–water partition coefficient (Wildman–Crippen LogP) is 5.05. The lowest BCUT2D eigenvalue weighted by atomic mass is 9.86. The monoisotopic (exact) mass is 426 g/mol. The third-order valence-corrected chi connectivity index (χ3v) is 5.64. The third kappa shape index (κ3) is 12.6. The van der Waals surface area contributed by atoms with Crippen LogP contribution in [0.1, 0.15) is 117 Å². The van der Waals surface area contributed by atoms with Gasteiger partial charge in [-0.15, -0.1) is 0 Å². The summed E-state index contributed by atoms with van der Waals surface area (Å²) in [6, 6.07) is 0. The summed E-state index contributed by atoms with van der Waals surface area (Å²) >= 11 is 0. The normalized spacial score (nSPS) is 14.7. The molecule has 0 amide bonds. The van der Waals surface area contributed by atoms with E-state index in [4.69, 9.17) is 0 Å². The standard InChI is InChI=1S/C25H46O5/c1-3-5-6-7-8-9-10-11-12-13-14-15-16-17-18-20-22(27)24(29)25(30,21-26)23(28)19-4-2/h11-12,24,26,29-30H,3-10,13-21H2,1-2H3. The summed E-state index contributed by atoms with van der Waals surface area (Å²) in [5, 5.41) is 29.6. The number of rotatable bonds is 21. The van der Waals surface area contributed by atoms with Crippen molar-refractivity contribution in [3.05, 3.63) is 12.2 Å². The Hall–Kier alpha value is -1.04. The van der Waals surface area contributed by atoms with Crippen LogP contribution in [0.4, 0.5) is 0 Å². The first-order valence-electron chi connectivity index (χ1n) is 12.2. The van der Waals surface area contributed by atoms with Gasteiger partial charge in [-0.1, -0.05) is 77.4 Å². The molecule has 0 aliphatic rings. The van der Waals surface area contributed by atoms with E-state index >= 15 is 0 Å². The molecule has 0 spiro atoms. The minimum Gasteiger partial charge on any atom is -0.393 e. The molecule has 0 bridgehead atoms. The van der Waals surface area contributed by atoms with Crippen molar-refractivity contribution in [2.24, 2.45) is 0 Å². The van der Waals surface area contributed by atoms with Gasteiger partial charge in [-0.2, -0.15) is 0 Å². The molecule has 0 aromatic rings. The molecular formula is C25H46O5. The van der Waals surface area contributed by atoms with Gasteiger partial charge in [0.15, 0.2) is 23.3 Å². The Labute approximate surface area is 184 Å². The van der Waals surface area contributed by atoms with Crippen LogP contribution in [0.15, 0.2) is 12.2 Å². The fraction of sp³-hybridized carbons (Fsp3) is 0.840. The maximum absolute atomic E-state index is 12.1. The van der Waals surface area contributed by atoms with Crippen LogP contribution in [0.5, 0.6) is 0 Å². The summed E-state index contributed by atoms with van der Waals surface area (Å²) in [7, 11) is 0. The fourth-order valence-corrected chi connectivity index (χ4v) is 3.54. The van der Waals surface area contributed by atoms with E-state index < -0.39 is 29.9 Å². The van der Waals surface area contributed by atoms with Gasteiger partial charge in [0.05, 0.1) is 6.61 Å². The van der Waals surface area contributed by atoms with Crippen molar-refractivity contribution in [3.8, 4) is 0 Å². The number of carbonyl (C=O) groups excluding carboxylic acids is 2. The summed E-state index contributed by atoms with van der Waals surface area (Å²) in [5.74, 6) is -1.26. The number of ketones is 2. The molecule has 0 aromatic heterocycles. The zero-order valence-electron chi connectivity index (χ0n) is 19.4. The zero-order chi connectivity index (χ0) is 22.7. The number of aliphatic hydroxyl groups is 3. The first kappa shape index (κ1) is 29.0. The second kappa shape index (κ2) is 18.7. The Morgan fingerprint density at radius 2 is 1.27 bits per heavy atom. The molecule has 0 aromatic carbocycles. The van der Waals surface area contributed by atoms with Gasteiger partial charge in [0.2, 0.25) is 0 Å². The van der Waals surface area contributed by atoms with Crippen molar-refractivity contribution >= 4 is 11.6 Å². The highest BCUT2D eigenvalue weighted by Gasteiger charge is 2.45. The van der Waals surface area contributed by atoms with E-state index in [9.17, 15) is 24.9 Å². The summed E-state index contributed by atoms with van der Waals surface area (Å²) in [4.78, 5) is 24.0. The Bertz CT molecular complexity index is 474. The predicted molar refractivity (Wildman–Crippen MR) is 122 cm³/mol. The molecule has 0 aliphatic heterocycles. The lowest BCUT2D eigenvalue weighted by Crippen LogP contribution is -2.55. The van der Waals surface area contributed by atoms with Crippen molar-refractivity contribution in [2.75, 3.05) is 6.61 Å². The zero-order valence-corrected chi connectivity index (χ0v) is 19.4. The summed E-state index contributed by atoms with van der Waals surface area (Å²) in [6.07, 6.45) is 18.4. The van der Waals surface area contributed by atoms with Crippen molar-refractivity contribution in [1.29, 1.82) is 0 Å². The Kier molecular flexibility index (Phi) is 18.1. The van der Waals surface area contributed by atoms with Gasteiger partial charge in [-0.3, -0.25) is 9.59 Å². The number of unbranched alkanes of at least 4 members (excludes halogenated alkanes) is 11. The number of hydrogen-bond donors (Lipinski definition) is 3. The van der Waals surface area contributed by atoms with Crippen LogP contribution >= 0.6 is 0 Å². The average Bonchev–Trinajstić information content (AvgIpc) is 2.75. The van der Waals surface area contributed by atoms with Gasteiger partial charge in [-0.05, 0) is 38.5 Å². The van der Waals surface area contributed by atoms with Crippen molar-refractivity contribution in [2.45, 2.75) is 128 Å². The molecule has 0 saturated carbocycles. The van der Waals surface area contributed by atoms with Gasteiger partial charge in [0.1, 0.15) is 0 Å². The Morgan fingerprint density at radius 3 is 1.77 bits per heavy atom. The molecule has 0 fully saturated rings. The highest BCUT2D eigenvalue weighted by atomic mass is 16.4. The highest BCUT2D eigenvalue weighted by Crippen LogP contribution is 2.18. The lowest BCUT2D eigenvalue weighted by Gasteiger charge is -2.28. The topological polar surface area (TPSA) is 94.8 Å². The van der Waals surface area contributed by atoms with E-state index in [0.29, 0.717) is 12.8 Å². The third-order valence-electron chi connectivity index (χ3n) is 5.64. The number of Topliss-reactive ketones (excluding diaryl/α,β-unsaturated/α-hetero) is 2. The van der Waals surface area contributed by atoms with Crippen LogP contribution in [-0.2, 0) is 9.59 Å². The van der Waals surface area contributed by atoms with Crippen LogP contribution < -0.4 is 0 Å². The van der Waals surface area contributed by atoms with E-state index in [1.165, 1.54) is 44.9 Å². The number of allylic oxidation sites excluding steroid dienone is 2. The maximum atomic E-state index is 12.1. The van der Waals surface area contributed by atoms with E-state index in [-0.39, 0.29) is 12.8 Å². The smallest absolute Gasteiger partial charge is 0.178 e. The maximum Gasteiger partial charge on any atom is 0.178 e. The number of aliphatic hydroxyl groups excluding tert-OH is 2. The van der Waals surface area contributed by atoms with E-state index in [0.717, 1.165) is 32.1 Å². The SMILES string of the molecule is CCCCCCCCC=CCCCCCCCC(=O)C(O)C(O)(CO)C(=O)CCC. The first-order valence-corrected chi connectivity index (χ1v) is 12.2. The summed E-state index contributed by atoms with van der Waals surface area (Å²) < 4.78 is 0. The van der Waals surface area contributed by atoms with Crippen LogP contribution in [0.3, 0.4) is 0 Å². The molecule has 0 saturated heterocycles. The van der Waals surface area contributed by atoms with Crippen LogP contribution in [0.25, 0.3) is 0 Å². The minimum atomic E-state index is -2.37. The number of carbonyl (C=O) groups is 2. The molecule has 0 rings (SSSR count). The van der Waals surface area contributed by atoms with Crippen molar-refractivity contribution in [1.82, 2.24) is 0 Å². The second-order valence-electron chi connectivity index (χ2n) is 8.46. The van der Waals surface area contributed by atoms with Gasteiger partial charge in [0, 0.05) is 12.8 Å². The summed E-state index contributed by atoms with van der Waals surface area (Å²) in [6.45, 7) is 3.06. The van der Waals surface area contributed by atoms with Gasteiger partial charge in [-0.25, -0.2) is 0 Å². The minimum absolute atomic E-state index is 0.0226. The van der Waals surface area contributed by atoms with Crippen molar-refractivity contribution in [3.63, 3.8) is 0 Å². The van der Waals surface area contributed by atoms with Gasteiger partial charge >= 0.3 is 0 Å². The second-order valence-corrected chi connectivity index (χ2v) is 8.46. The Morgan fingerprint density at radius 1 is 0.767 bits per heavy atom. The highest BCUT2D eigenvalue weighted by molar-refractivity contribution is 5.96. The van der Waals surface area contributed by atoms with E-state index in [2.05, 4.69) is 19.1 Å². The van der Waals surface area contributed by atoms with Crippen LogP contribution in [0, 0.1) is 0 Å². The number of hydrogen-bond acceptors (Lipinski definition) is 5. The molecule has 3 N–H and O–H groups in total. The van der Waals surface area contributed by atoms with Crippen LogP contribution in [0.2, 0.25) is 0 Å². The molecule has 2 unspecified atom stereocenters. The molecule has 5 heteroatoms. The average molecular weight is 427 g/mol. The molecule has 5 nitrogen and oxygen atoms in total. The molecular weight excluding hydrogens is 380 g/mol. The quantitative estimate of drug-likeness (QED) is 0.176. The molecule has 176 valence electrons. The molecule has 30 heavy (non-hydrogen) atoms. The first-order chi connectivity index (χ1) is 14.4. The van der Waals surface area contributed by atoms with Gasteiger partial charge in [0.25, 0.3) is 0 Å². The van der Waals surface area contributed by atoms with E-state index in [1.54, 1.807) is 6.92 Å². The molecule has 2 atom stereocenters. The molecule has 0 aliphatic carbocycles. The van der Waals surface area contributed by atoms with E-state index in [1.807, 2.05) is 0 Å². The molecule has 0 heterocycles. The lowest BCUT2D eigenvalue weighted by molar-refractivity contribution is -0.165. The van der Waals surface area contributed by atoms with Crippen LogP contribution in [-0.4, -0.2) is 45.2 Å². The summed E-state index contributed by atoms with van der Waals surface area (Å²) in [5.41, 5.74) is -2.37. The van der Waals surface area contributed by atoms with Crippen molar-refractivity contribution < 1.29 is 24.9 Å². The Balaban J connectivity index is 3.77. The largest absolute Gasteiger partial charge is 0.393 e. The molecule has 0 radical (unpaired) electrons. The van der Waals surface area contributed by atoms with Gasteiger partial charge < -0.3 is 15.3 Å².